The lowest BCUT2D eigenvalue weighted by Gasteiger charge is -2.41. The molecule has 5 amide bonds. The zero-order valence-electron chi connectivity index (χ0n) is 29.8. The number of ketones is 1. The number of pyridine rings is 1. The number of amides is 5. The fourth-order valence-electron chi connectivity index (χ4n) is 7.78. The molecule has 2 unspecified atom stereocenters. The topological polar surface area (TPSA) is 150 Å². The minimum Gasteiger partial charge on any atom is -0.346 e. The molecule has 11 heteroatoms. The molecule has 0 spiro atoms. The van der Waals surface area contributed by atoms with Gasteiger partial charge in [0.05, 0.1) is 6.04 Å². The largest absolute Gasteiger partial charge is 0.346 e. The number of likely N-dealkylation sites (tertiary alicyclic amines) is 1. The summed E-state index contributed by atoms with van der Waals surface area (Å²) in [5.41, 5.74) is -0.315. The van der Waals surface area contributed by atoms with Gasteiger partial charge in [0.2, 0.25) is 17.6 Å². The molecule has 1 saturated heterocycles. The summed E-state index contributed by atoms with van der Waals surface area (Å²) < 4.78 is 0. The number of piperidine rings is 1. The second-order valence-corrected chi connectivity index (χ2v) is 15.6. The van der Waals surface area contributed by atoms with Crippen molar-refractivity contribution in [2.75, 3.05) is 13.1 Å². The zero-order valence-corrected chi connectivity index (χ0v) is 29.8. The highest BCUT2D eigenvalue weighted by molar-refractivity contribution is 6.38. The fourth-order valence-corrected chi connectivity index (χ4v) is 7.78. The molecule has 2 aliphatic carbocycles. The second-order valence-electron chi connectivity index (χ2n) is 15.6. The van der Waals surface area contributed by atoms with Gasteiger partial charge in [0.1, 0.15) is 12.1 Å². The smallest absolute Gasteiger partial charge is 0.315 e. The standard InChI is InChI=1S/C38H54N6O5/c1-8-10-17-27(30(45)33(47)40-22-9-2)41-32(46)29-28-26(37(28,6)7)24-44(29)34(48)31(36(3,4)5)42-35(49)43-38(19-13-11-14-20-38)21-18-25-16-12-15-23-39-25/h1,9,12,15-16,23,26-29,31H,2,10-11,13-14,17-22,24H2,3-7H3,(H,40,47)(H,41,46)(H2,42,43,49)/t26?,27?,28-,29-,31+/m0/s1. The number of nitrogens with one attached hydrogen (secondary N) is 4. The lowest BCUT2D eigenvalue weighted by atomic mass is 9.78. The Morgan fingerprint density at radius 1 is 1.12 bits per heavy atom. The van der Waals surface area contributed by atoms with Gasteiger partial charge >= 0.3 is 6.03 Å². The van der Waals surface area contributed by atoms with E-state index in [9.17, 15) is 24.0 Å². The summed E-state index contributed by atoms with van der Waals surface area (Å²) >= 11 is 0. The summed E-state index contributed by atoms with van der Waals surface area (Å²) in [6.45, 7) is 13.8. The molecule has 4 N–H and O–H groups in total. The summed E-state index contributed by atoms with van der Waals surface area (Å²) in [5, 5.41) is 11.5. The molecule has 5 atom stereocenters. The molecule has 3 fully saturated rings. The molecule has 4 rings (SSSR count). The third-order valence-corrected chi connectivity index (χ3v) is 10.8. The van der Waals surface area contributed by atoms with Crippen LogP contribution in [0.5, 0.6) is 0 Å². The first-order chi connectivity index (χ1) is 23.1. The number of aromatic nitrogens is 1. The van der Waals surface area contributed by atoms with Crippen LogP contribution in [0.4, 0.5) is 4.79 Å². The van der Waals surface area contributed by atoms with Crippen LogP contribution in [0, 0.1) is 35.0 Å². The van der Waals surface area contributed by atoms with Gasteiger partial charge in [0.15, 0.2) is 0 Å². The Kier molecular flexibility index (Phi) is 11.9. The molecule has 0 aromatic carbocycles. The van der Waals surface area contributed by atoms with Crippen LogP contribution in [-0.4, -0.2) is 76.2 Å². The Labute approximate surface area is 291 Å². The Morgan fingerprint density at radius 3 is 2.45 bits per heavy atom. The van der Waals surface area contributed by atoms with Crippen molar-refractivity contribution in [1.82, 2.24) is 31.2 Å². The molecule has 2 saturated carbocycles. The van der Waals surface area contributed by atoms with E-state index in [0.717, 1.165) is 50.6 Å². The molecular formula is C38H54N6O5. The summed E-state index contributed by atoms with van der Waals surface area (Å²) in [6, 6.07) is 2.48. The second kappa shape index (κ2) is 15.6. The predicted octanol–water partition coefficient (Wildman–Crippen LogP) is 3.68. The number of rotatable bonds is 14. The first-order valence-electron chi connectivity index (χ1n) is 17.6. The summed E-state index contributed by atoms with van der Waals surface area (Å²) in [7, 11) is 0. The van der Waals surface area contributed by atoms with Crippen LogP contribution in [-0.2, 0) is 25.6 Å². The molecule has 1 aromatic heterocycles. The summed E-state index contributed by atoms with van der Waals surface area (Å²) in [5.74, 6) is -0.104. The third-order valence-electron chi connectivity index (χ3n) is 10.8. The van der Waals surface area contributed by atoms with Crippen molar-refractivity contribution in [3.8, 4) is 12.3 Å². The van der Waals surface area contributed by atoms with E-state index in [4.69, 9.17) is 6.42 Å². The molecule has 0 radical (unpaired) electrons. The lowest BCUT2D eigenvalue weighted by Crippen LogP contribution is -2.63. The van der Waals surface area contributed by atoms with Crippen LogP contribution in [0.3, 0.4) is 0 Å². The Bertz CT molecular complexity index is 1440. The van der Waals surface area contributed by atoms with Crippen molar-refractivity contribution in [2.24, 2.45) is 22.7 Å². The van der Waals surface area contributed by atoms with Crippen LogP contribution in [0.15, 0.2) is 37.1 Å². The highest BCUT2D eigenvalue weighted by Gasteiger charge is 2.70. The van der Waals surface area contributed by atoms with Crippen molar-refractivity contribution < 1.29 is 24.0 Å². The van der Waals surface area contributed by atoms with E-state index >= 15 is 0 Å². The molecular weight excluding hydrogens is 620 g/mol. The minimum absolute atomic E-state index is 0.0782. The van der Waals surface area contributed by atoms with Crippen LogP contribution >= 0.6 is 0 Å². The number of fused-ring (bicyclic) bond motifs is 1. The van der Waals surface area contributed by atoms with Gasteiger partial charge in [0.25, 0.3) is 5.91 Å². The fraction of sp³-hybridized carbons (Fsp3) is 0.632. The van der Waals surface area contributed by atoms with Crippen molar-refractivity contribution in [3.05, 3.63) is 42.7 Å². The van der Waals surface area contributed by atoms with Crippen LogP contribution in [0.1, 0.15) is 91.7 Å². The molecule has 0 bridgehead atoms. The number of urea groups is 1. The van der Waals surface area contributed by atoms with Crippen molar-refractivity contribution in [3.63, 3.8) is 0 Å². The van der Waals surface area contributed by atoms with E-state index in [-0.39, 0.29) is 42.5 Å². The monoisotopic (exact) mass is 674 g/mol. The van der Waals surface area contributed by atoms with Gasteiger partial charge in [-0.15, -0.1) is 18.9 Å². The number of nitrogens with zero attached hydrogens (tertiary/aromatic N) is 2. The number of hydrogen-bond acceptors (Lipinski definition) is 6. The van der Waals surface area contributed by atoms with Gasteiger partial charge in [0, 0.05) is 36.9 Å². The average Bonchev–Trinajstić information content (AvgIpc) is 3.37. The number of hydrogen-bond donors (Lipinski definition) is 4. The molecule has 2 heterocycles. The van der Waals surface area contributed by atoms with Gasteiger partial charge in [-0.3, -0.25) is 24.2 Å². The van der Waals surface area contributed by atoms with E-state index in [1.807, 2.05) is 39.0 Å². The Balaban J connectivity index is 1.52. The quantitative estimate of drug-likeness (QED) is 0.134. The van der Waals surface area contributed by atoms with Crippen LogP contribution < -0.4 is 21.3 Å². The maximum absolute atomic E-state index is 14.4. The number of aryl methyl sites for hydroxylation is 1. The number of Topliss-reactive ketones (excluding diaryl/α,β-unsaturated/α-hetero) is 1. The first kappa shape index (κ1) is 37.6. The number of carbonyl (C=O) groups is 5. The molecule has 1 aromatic rings. The third kappa shape index (κ3) is 8.89. The summed E-state index contributed by atoms with van der Waals surface area (Å²) in [6.07, 6.45) is 15.2. The lowest BCUT2D eigenvalue weighted by molar-refractivity contribution is -0.145. The van der Waals surface area contributed by atoms with E-state index in [0.29, 0.717) is 6.54 Å². The Morgan fingerprint density at radius 2 is 1.84 bits per heavy atom. The van der Waals surface area contributed by atoms with E-state index in [1.54, 1.807) is 11.1 Å². The van der Waals surface area contributed by atoms with Gasteiger partial charge in [-0.25, -0.2) is 4.79 Å². The van der Waals surface area contributed by atoms with Crippen LogP contribution in [0.25, 0.3) is 0 Å². The predicted molar refractivity (Wildman–Crippen MR) is 188 cm³/mol. The van der Waals surface area contributed by atoms with E-state index < -0.39 is 52.7 Å². The van der Waals surface area contributed by atoms with Crippen molar-refractivity contribution in [1.29, 1.82) is 0 Å². The molecule has 49 heavy (non-hydrogen) atoms. The van der Waals surface area contributed by atoms with E-state index in [2.05, 4.69) is 52.6 Å². The van der Waals surface area contributed by atoms with Crippen LogP contribution in [0.2, 0.25) is 0 Å². The SMILES string of the molecule is C#CCCC(NC(=O)[C@@H]1[C@@H]2C(CN1C(=O)[C@@H](NC(=O)NC1(CCc3ccccn3)CCCCC1)C(C)(C)C)C2(C)C)C(=O)C(=O)NCC=C. The zero-order chi connectivity index (χ0) is 36.0. The maximum atomic E-state index is 14.4. The Hall–Kier alpha value is -4.20. The normalized spacial score (nSPS) is 23.1. The van der Waals surface area contributed by atoms with Gasteiger partial charge in [-0.05, 0) is 66.9 Å². The van der Waals surface area contributed by atoms with Gasteiger partial charge in [-0.1, -0.05) is 66.0 Å². The minimum atomic E-state index is -1.15. The first-order valence-corrected chi connectivity index (χ1v) is 17.6. The molecule has 11 nitrogen and oxygen atoms in total. The highest BCUT2D eigenvalue weighted by atomic mass is 16.2. The number of carbonyl (C=O) groups excluding carboxylic acids is 5. The molecule has 266 valence electrons. The van der Waals surface area contributed by atoms with Crippen molar-refractivity contribution in [2.45, 2.75) is 116 Å². The highest BCUT2D eigenvalue weighted by Crippen LogP contribution is 2.65. The molecule has 1 aliphatic heterocycles. The van der Waals surface area contributed by atoms with E-state index in [1.165, 1.54) is 6.08 Å². The number of terminal acetylenes is 1. The molecule has 3 aliphatic rings. The van der Waals surface area contributed by atoms with Gasteiger partial charge < -0.3 is 26.2 Å². The van der Waals surface area contributed by atoms with Gasteiger partial charge in [-0.2, -0.15) is 0 Å². The van der Waals surface area contributed by atoms with Crippen molar-refractivity contribution >= 4 is 29.5 Å². The maximum Gasteiger partial charge on any atom is 0.315 e. The average molecular weight is 675 g/mol. The summed E-state index contributed by atoms with van der Waals surface area (Å²) in [4.78, 5) is 73.8.